The summed E-state index contributed by atoms with van der Waals surface area (Å²) in [5.74, 6) is -0.312. The first kappa shape index (κ1) is 17.5. The number of aromatic nitrogens is 3. The average Bonchev–Trinajstić information content (AvgIpc) is 3.05. The van der Waals surface area contributed by atoms with Gasteiger partial charge in [0.05, 0.1) is 24.1 Å². The van der Waals surface area contributed by atoms with E-state index >= 15 is 0 Å². The number of nitrogens with zero attached hydrogens (tertiary/aromatic N) is 2. The lowest BCUT2D eigenvalue weighted by atomic mass is 10.1. The van der Waals surface area contributed by atoms with Crippen molar-refractivity contribution in [2.24, 2.45) is 0 Å². The van der Waals surface area contributed by atoms with Gasteiger partial charge in [0.1, 0.15) is 5.75 Å². The molecule has 2 aromatic carbocycles. The van der Waals surface area contributed by atoms with E-state index in [1.807, 2.05) is 31.2 Å². The van der Waals surface area contributed by atoms with Crippen LogP contribution in [0.1, 0.15) is 15.9 Å². The van der Waals surface area contributed by atoms with E-state index < -0.39 is 5.97 Å². The van der Waals surface area contributed by atoms with Gasteiger partial charge in [-0.05, 0) is 31.2 Å². The number of carbonyl (C=O) groups is 1. The Kier molecular flexibility index (Phi) is 4.19. The van der Waals surface area contributed by atoms with Crippen LogP contribution in [0, 0.1) is 6.92 Å². The molecule has 7 heteroatoms. The number of fused-ring (bicyclic) bond motifs is 1. The number of aromatic carboxylic acids is 1. The number of hydrogen-bond donors (Lipinski definition) is 2. The number of methoxy groups -OCH3 is 1. The van der Waals surface area contributed by atoms with Crippen LogP contribution < -0.4 is 10.3 Å². The molecular formula is C21H17N3O4. The van der Waals surface area contributed by atoms with Gasteiger partial charge in [-0.25, -0.2) is 14.3 Å². The number of carboxylic acids is 1. The molecule has 4 rings (SSSR count). The third kappa shape index (κ3) is 2.83. The quantitative estimate of drug-likeness (QED) is 0.570. The molecule has 2 heterocycles. The van der Waals surface area contributed by atoms with E-state index in [0.717, 1.165) is 16.8 Å². The Bertz CT molecular complexity index is 1250. The van der Waals surface area contributed by atoms with Gasteiger partial charge in [-0.15, -0.1) is 0 Å². The third-order valence-electron chi connectivity index (χ3n) is 4.66. The Hall–Kier alpha value is -3.87. The number of benzene rings is 2. The van der Waals surface area contributed by atoms with E-state index in [4.69, 9.17) is 9.84 Å². The molecule has 28 heavy (non-hydrogen) atoms. The van der Waals surface area contributed by atoms with Gasteiger partial charge in [0, 0.05) is 22.8 Å². The van der Waals surface area contributed by atoms with E-state index in [0.29, 0.717) is 22.7 Å². The molecule has 0 spiro atoms. The monoisotopic (exact) mass is 375 g/mol. The number of carboxylic acid groups (broad SMARTS) is 1. The van der Waals surface area contributed by atoms with E-state index in [9.17, 15) is 9.59 Å². The van der Waals surface area contributed by atoms with Crippen LogP contribution in [0.3, 0.4) is 0 Å². The SMILES string of the molecule is COc1ccccc1-c1[nH]n2c(=O)cc(-c3ccc(C(=O)O)cc3)nc2c1C. The predicted molar refractivity (Wildman–Crippen MR) is 105 cm³/mol. The van der Waals surface area contributed by atoms with Crippen LogP contribution in [0.15, 0.2) is 59.4 Å². The minimum absolute atomic E-state index is 0.179. The maximum atomic E-state index is 12.7. The van der Waals surface area contributed by atoms with Crippen LogP contribution in [-0.2, 0) is 0 Å². The summed E-state index contributed by atoms with van der Waals surface area (Å²) in [5, 5.41) is 12.1. The molecular weight excluding hydrogens is 358 g/mol. The molecule has 4 aromatic rings. The number of hydrogen-bond acceptors (Lipinski definition) is 4. The second-order valence-corrected chi connectivity index (χ2v) is 6.33. The summed E-state index contributed by atoms with van der Waals surface area (Å²) in [4.78, 5) is 28.3. The normalized spacial score (nSPS) is 10.9. The number of rotatable bonds is 4. The Balaban J connectivity index is 1.88. The number of ether oxygens (including phenoxy) is 1. The highest BCUT2D eigenvalue weighted by atomic mass is 16.5. The van der Waals surface area contributed by atoms with Crippen molar-refractivity contribution in [3.05, 3.63) is 76.1 Å². The van der Waals surface area contributed by atoms with Gasteiger partial charge in [0.25, 0.3) is 5.56 Å². The number of aryl methyl sites for hydroxylation is 1. The lowest BCUT2D eigenvalue weighted by molar-refractivity contribution is 0.0697. The summed E-state index contributed by atoms with van der Waals surface area (Å²) in [6.07, 6.45) is 0. The van der Waals surface area contributed by atoms with Gasteiger partial charge < -0.3 is 9.84 Å². The summed E-state index contributed by atoms with van der Waals surface area (Å²) >= 11 is 0. The Labute approximate surface area is 159 Å². The van der Waals surface area contributed by atoms with Gasteiger partial charge in [-0.2, -0.15) is 0 Å². The van der Waals surface area contributed by atoms with Crippen LogP contribution in [0.25, 0.3) is 28.2 Å². The van der Waals surface area contributed by atoms with Gasteiger partial charge in [0.2, 0.25) is 0 Å². The minimum Gasteiger partial charge on any atom is -0.496 e. The summed E-state index contributed by atoms with van der Waals surface area (Å²) in [6, 6.07) is 15.2. The zero-order valence-electron chi connectivity index (χ0n) is 15.3. The zero-order valence-corrected chi connectivity index (χ0v) is 15.3. The number of aromatic amines is 1. The minimum atomic E-state index is -1.00. The second kappa shape index (κ2) is 6.70. The molecule has 7 nitrogen and oxygen atoms in total. The van der Waals surface area contributed by atoms with Gasteiger partial charge in [-0.3, -0.25) is 9.89 Å². The highest BCUT2D eigenvalue weighted by Gasteiger charge is 2.16. The first-order chi connectivity index (χ1) is 13.5. The van der Waals surface area contributed by atoms with Crippen molar-refractivity contribution in [1.82, 2.24) is 14.6 Å². The van der Waals surface area contributed by atoms with E-state index in [-0.39, 0.29) is 11.1 Å². The van der Waals surface area contributed by atoms with E-state index in [1.54, 1.807) is 19.2 Å². The zero-order chi connectivity index (χ0) is 19.8. The molecule has 0 amide bonds. The number of H-pyrrole nitrogens is 1. The largest absolute Gasteiger partial charge is 0.496 e. The van der Waals surface area contributed by atoms with Gasteiger partial charge in [0.15, 0.2) is 5.65 Å². The summed E-state index contributed by atoms with van der Waals surface area (Å²) in [5.41, 5.74) is 3.97. The average molecular weight is 375 g/mol. The molecule has 0 saturated heterocycles. The molecule has 0 aliphatic carbocycles. The van der Waals surface area contributed by atoms with Crippen LogP contribution >= 0.6 is 0 Å². The first-order valence-corrected chi connectivity index (χ1v) is 8.59. The third-order valence-corrected chi connectivity index (χ3v) is 4.66. The number of nitrogens with one attached hydrogen (secondary N) is 1. The fraction of sp³-hybridized carbons (Fsp3) is 0.0952. The topological polar surface area (TPSA) is 96.7 Å². The molecule has 0 radical (unpaired) electrons. The molecule has 140 valence electrons. The van der Waals surface area contributed by atoms with E-state index in [2.05, 4.69) is 10.1 Å². The fourth-order valence-corrected chi connectivity index (χ4v) is 3.19. The van der Waals surface area contributed by atoms with Crippen molar-refractivity contribution in [3.8, 4) is 28.3 Å². The maximum Gasteiger partial charge on any atom is 0.335 e. The fourth-order valence-electron chi connectivity index (χ4n) is 3.19. The molecule has 0 saturated carbocycles. The van der Waals surface area contributed by atoms with Crippen LogP contribution in [0.5, 0.6) is 5.75 Å². The number of para-hydroxylation sites is 1. The Morgan fingerprint density at radius 2 is 1.86 bits per heavy atom. The summed E-state index contributed by atoms with van der Waals surface area (Å²) in [6.45, 7) is 1.89. The highest BCUT2D eigenvalue weighted by Crippen LogP contribution is 2.32. The molecule has 2 N–H and O–H groups in total. The lowest BCUT2D eigenvalue weighted by Gasteiger charge is -2.06. The maximum absolute atomic E-state index is 12.7. The van der Waals surface area contributed by atoms with Crippen LogP contribution in [-0.4, -0.2) is 32.8 Å². The Morgan fingerprint density at radius 3 is 2.54 bits per heavy atom. The molecule has 0 aliphatic heterocycles. The second-order valence-electron chi connectivity index (χ2n) is 6.33. The van der Waals surface area contributed by atoms with Crippen molar-refractivity contribution >= 4 is 11.6 Å². The molecule has 2 aromatic heterocycles. The first-order valence-electron chi connectivity index (χ1n) is 8.59. The van der Waals surface area contributed by atoms with E-state index in [1.165, 1.54) is 22.7 Å². The standard InChI is InChI=1S/C21H17N3O4/c1-12-19(15-5-3-4-6-17(15)28-2)23-24-18(25)11-16(22-20(12)24)13-7-9-14(10-8-13)21(26)27/h3-11,23H,1-2H3,(H,26,27). The van der Waals surface area contributed by atoms with Crippen molar-refractivity contribution in [2.45, 2.75) is 6.92 Å². The molecule has 0 unspecified atom stereocenters. The van der Waals surface area contributed by atoms with Crippen LogP contribution in [0.4, 0.5) is 0 Å². The van der Waals surface area contributed by atoms with Crippen LogP contribution in [0.2, 0.25) is 0 Å². The molecule has 0 aliphatic rings. The molecule has 0 fully saturated rings. The smallest absolute Gasteiger partial charge is 0.335 e. The summed E-state index contributed by atoms with van der Waals surface area (Å²) < 4.78 is 6.82. The lowest BCUT2D eigenvalue weighted by Crippen LogP contribution is -2.14. The van der Waals surface area contributed by atoms with Gasteiger partial charge >= 0.3 is 5.97 Å². The molecule has 0 bridgehead atoms. The van der Waals surface area contributed by atoms with Crippen molar-refractivity contribution < 1.29 is 14.6 Å². The Morgan fingerprint density at radius 1 is 1.14 bits per heavy atom. The van der Waals surface area contributed by atoms with Gasteiger partial charge in [-0.1, -0.05) is 24.3 Å². The van der Waals surface area contributed by atoms with Crippen molar-refractivity contribution in [2.75, 3.05) is 7.11 Å². The van der Waals surface area contributed by atoms with Crippen molar-refractivity contribution in [3.63, 3.8) is 0 Å². The highest BCUT2D eigenvalue weighted by molar-refractivity contribution is 5.88. The summed E-state index contributed by atoms with van der Waals surface area (Å²) in [7, 11) is 1.60. The van der Waals surface area contributed by atoms with Crippen molar-refractivity contribution in [1.29, 1.82) is 0 Å². The molecule has 0 atom stereocenters. The predicted octanol–water partition coefficient (Wildman–Crippen LogP) is 3.37.